The lowest BCUT2D eigenvalue weighted by Gasteiger charge is -2.23. The van der Waals surface area contributed by atoms with Crippen molar-refractivity contribution in [2.24, 2.45) is 0 Å². The number of aryl methyl sites for hydroxylation is 2. The zero-order valence-electron chi connectivity index (χ0n) is 27.0. The van der Waals surface area contributed by atoms with Crippen LogP contribution in [0.25, 0.3) is 0 Å². The van der Waals surface area contributed by atoms with Crippen molar-refractivity contribution in [3.05, 3.63) is 68.4 Å². The highest BCUT2D eigenvalue weighted by Crippen LogP contribution is 2.39. The van der Waals surface area contributed by atoms with E-state index < -0.39 is 22.6 Å². The van der Waals surface area contributed by atoms with Gasteiger partial charge in [0.1, 0.15) is 11.5 Å². The first-order valence-electron chi connectivity index (χ1n) is 14.5. The Balaban J connectivity index is 1.85. The van der Waals surface area contributed by atoms with Crippen LogP contribution in [0.5, 0.6) is 11.5 Å². The van der Waals surface area contributed by atoms with E-state index in [1.165, 1.54) is 26.4 Å². The van der Waals surface area contributed by atoms with Crippen LogP contribution in [0.3, 0.4) is 0 Å². The van der Waals surface area contributed by atoms with Crippen molar-refractivity contribution in [1.29, 1.82) is 0 Å². The molecule has 3 rings (SSSR count). The Hall–Kier alpha value is -4.38. The molecule has 0 saturated heterocycles. The van der Waals surface area contributed by atoms with E-state index in [-0.39, 0.29) is 57.4 Å². The van der Waals surface area contributed by atoms with Crippen molar-refractivity contribution in [3.63, 3.8) is 0 Å². The van der Waals surface area contributed by atoms with E-state index in [4.69, 9.17) is 9.47 Å². The summed E-state index contributed by atoms with van der Waals surface area (Å²) in [7, 11) is 2.63. The van der Waals surface area contributed by atoms with Crippen molar-refractivity contribution >= 4 is 46.5 Å². The van der Waals surface area contributed by atoms with Crippen molar-refractivity contribution in [2.45, 2.75) is 78.1 Å². The van der Waals surface area contributed by atoms with E-state index in [1.807, 2.05) is 53.7 Å². The van der Waals surface area contributed by atoms with Crippen molar-refractivity contribution in [2.75, 3.05) is 24.9 Å². The Bertz CT molecular complexity index is 1480. The predicted octanol–water partition coefficient (Wildman–Crippen LogP) is 6.47. The van der Waals surface area contributed by atoms with Gasteiger partial charge in [0.25, 0.3) is 11.8 Å². The molecular formula is C34H42N2O8S. The van der Waals surface area contributed by atoms with Gasteiger partial charge in [0.05, 0.1) is 35.3 Å². The number of esters is 2. The van der Waals surface area contributed by atoms with E-state index in [9.17, 15) is 29.4 Å². The second kappa shape index (κ2) is 14.2. The third-order valence-electron chi connectivity index (χ3n) is 7.20. The van der Waals surface area contributed by atoms with Gasteiger partial charge in [-0.1, -0.05) is 53.7 Å². The molecule has 11 heteroatoms. The summed E-state index contributed by atoms with van der Waals surface area (Å²) in [4.78, 5) is 50.4. The minimum atomic E-state index is -0.526. The van der Waals surface area contributed by atoms with Gasteiger partial charge < -0.3 is 30.3 Å². The fourth-order valence-electron chi connectivity index (χ4n) is 4.66. The number of nitrogens with one attached hydrogen (secondary N) is 2. The minimum absolute atomic E-state index is 0.0793. The van der Waals surface area contributed by atoms with Gasteiger partial charge in [-0.15, -0.1) is 11.3 Å². The zero-order valence-corrected chi connectivity index (χ0v) is 27.9. The number of benzene rings is 2. The number of thiophene rings is 1. The minimum Gasteiger partial charge on any atom is -0.505 e. The average Bonchev–Trinajstić information content (AvgIpc) is 3.47. The number of carbonyl (C=O) groups is 4. The van der Waals surface area contributed by atoms with Gasteiger partial charge in [-0.05, 0) is 59.1 Å². The van der Waals surface area contributed by atoms with Gasteiger partial charge >= 0.3 is 11.9 Å². The van der Waals surface area contributed by atoms with Gasteiger partial charge in [0, 0.05) is 24.0 Å². The number of phenols is 2. The van der Waals surface area contributed by atoms with Crippen LogP contribution in [0.2, 0.25) is 0 Å². The molecule has 2 amide bonds. The van der Waals surface area contributed by atoms with E-state index in [0.717, 1.165) is 22.5 Å². The summed E-state index contributed by atoms with van der Waals surface area (Å²) in [6.07, 6.45) is 0.997. The summed E-state index contributed by atoms with van der Waals surface area (Å²) >= 11 is 0.952. The molecule has 0 aliphatic rings. The number of ether oxygens (including phenoxy) is 2. The maximum Gasteiger partial charge on any atom is 0.305 e. The standard InChI is InChI=1S/C34H42N2O8S/c1-33(2,3)21-15-19(9-13-27(37)43-7)17-23(29(21)39)35-31(41)25-11-12-26(45-25)32(42)36-24-18-20(10-14-28(38)44-8)16-22(30(24)40)34(4,5)6/h11-12,15-18,39-40H,9-10,13-14H2,1-8H3,(H,35,41)(H,36,42). The molecule has 0 aliphatic heterocycles. The number of carbonyl (C=O) groups excluding carboxylic acids is 4. The molecule has 0 radical (unpaired) electrons. The maximum absolute atomic E-state index is 13.3. The van der Waals surface area contributed by atoms with Crippen LogP contribution in [-0.4, -0.2) is 48.2 Å². The molecule has 0 bridgehead atoms. The summed E-state index contributed by atoms with van der Waals surface area (Å²) in [5.74, 6) is -1.95. The third kappa shape index (κ3) is 9.07. The summed E-state index contributed by atoms with van der Waals surface area (Å²) < 4.78 is 9.48. The molecule has 0 spiro atoms. The fraction of sp³-hybridized carbons (Fsp3) is 0.412. The van der Waals surface area contributed by atoms with Gasteiger partial charge in [0.2, 0.25) is 0 Å². The van der Waals surface area contributed by atoms with Crippen LogP contribution in [0.4, 0.5) is 11.4 Å². The van der Waals surface area contributed by atoms with Gasteiger partial charge in [0.15, 0.2) is 0 Å². The van der Waals surface area contributed by atoms with Crippen molar-refractivity contribution < 1.29 is 38.9 Å². The normalized spacial score (nSPS) is 11.6. The Kier molecular flexibility index (Phi) is 11.0. The van der Waals surface area contributed by atoms with Crippen molar-refractivity contribution in [1.82, 2.24) is 0 Å². The van der Waals surface area contributed by atoms with Gasteiger partial charge in [-0.2, -0.15) is 0 Å². The zero-order chi connectivity index (χ0) is 33.7. The number of aromatic hydroxyl groups is 2. The highest BCUT2D eigenvalue weighted by molar-refractivity contribution is 7.16. The van der Waals surface area contributed by atoms with Crippen LogP contribution >= 0.6 is 11.3 Å². The van der Waals surface area contributed by atoms with Crippen LogP contribution in [-0.2, 0) is 42.7 Å². The highest BCUT2D eigenvalue weighted by atomic mass is 32.1. The monoisotopic (exact) mass is 638 g/mol. The molecule has 0 saturated carbocycles. The van der Waals surface area contributed by atoms with E-state index in [2.05, 4.69) is 10.6 Å². The fourth-order valence-corrected chi connectivity index (χ4v) is 5.45. The second-order valence-corrected chi connectivity index (χ2v) is 13.9. The van der Waals surface area contributed by atoms with Gasteiger partial charge in [-0.25, -0.2) is 0 Å². The molecular weight excluding hydrogens is 596 g/mol. The quantitative estimate of drug-likeness (QED) is 0.146. The highest BCUT2D eigenvalue weighted by Gasteiger charge is 2.25. The lowest BCUT2D eigenvalue weighted by atomic mass is 9.84. The predicted molar refractivity (Wildman–Crippen MR) is 175 cm³/mol. The molecule has 3 aromatic rings. The first-order chi connectivity index (χ1) is 20.9. The number of anilines is 2. The molecule has 4 N–H and O–H groups in total. The first-order valence-corrected chi connectivity index (χ1v) is 15.3. The first kappa shape index (κ1) is 35.1. The molecule has 0 aliphatic carbocycles. The lowest BCUT2D eigenvalue weighted by Crippen LogP contribution is -2.16. The number of methoxy groups -OCH3 is 2. The molecule has 0 atom stereocenters. The topological polar surface area (TPSA) is 151 Å². The van der Waals surface area contributed by atoms with Crippen LogP contribution in [0.15, 0.2) is 36.4 Å². The second-order valence-electron chi connectivity index (χ2n) is 12.8. The number of phenolic OH excluding ortho intramolecular Hbond substituents is 2. The summed E-state index contributed by atoms with van der Waals surface area (Å²) in [6.45, 7) is 11.6. The number of amides is 2. The maximum atomic E-state index is 13.3. The van der Waals surface area contributed by atoms with Crippen molar-refractivity contribution in [3.8, 4) is 11.5 Å². The molecule has 45 heavy (non-hydrogen) atoms. The molecule has 2 aromatic carbocycles. The third-order valence-corrected chi connectivity index (χ3v) is 8.28. The smallest absolute Gasteiger partial charge is 0.305 e. The van der Waals surface area contributed by atoms with E-state index in [0.29, 0.717) is 24.0 Å². The largest absolute Gasteiger partial charge is 0.505 e. The number of hydrogen-bond donors (Lipinski definition) is 4. The van der Waals surface area contributed by atoms with Gasteiger partial charge in [-0.3, -0.25) is 19.2 Å². The Morgan fingerprint density at radius 2 is 1.02 bits per heavy atom. The Morgan fingerprint density at radius 1 is 0.667 bits per heavy atom. The number of rotatable bonds is 10. The van der Waals surface area contributed by atoms with E-state index in [1.54, 1.807) is 12.1 Å². The molecule has 1 heterocycles. The summed E-state index contributed by atoms with van der Waals surface area (Å²) in [5, 5.41) is 27.5. The van der Waals surface area contributed by atoms with Crippen LogP contribution in [0.1, 0.15) is 96.0 Å². The lowest BCUT2D eigenvalue weighted by molar-refractivity contribution is -0.141. The molecule has 1 aromatic heterocycles. The summed E-state index contributed by atoms with van der Waals surface area (Å²) in [6, 6.07) is 9.87. The molecule has 0 unspecified atom stereocenters. The molecule has 0 fully saturated rings. The average molecular weight is 639 g/mol. The van der Waals surface area contributed by atoms with Crippen LogP contribution < -0.4 is 10.6 Å². The van der Waals surface area contributed by atoms with Crippen LogP contribution in [0, 0.1) is 0 Å². The number of hydrogen-bond acceptors (Lipinski definition) is 9. The molecule has 242 valence electrons. The Labute approximate surface area is 267 Å². The molecule has 10 nitrogen and oxygen atoms in total. The Morgan fingerprint density at radius 3 is 1.33 bits per heavy atom. The SMILES string of the molecule is COC(=O)CCc1cc(NC(=O)c2ccc(C(=O)Nc3cc(CCC(=O)OC)cc(C(C)(C)C)c3O)s2)c(O)c(C(C)(C)C)c1. The van der Waals surface area contributed by atoms with E-state index >= 15 is 0 Å². The summed E-state index contributed by atoms with van der Waals surface area (Å²) in [5.41, 5.74) is 2.18.